The number of allylic oxidation sites excluding steroid dienone is 1. The highest BCUT2D eigenvalue weighted by Crippen LogP contribution is 2.35. The molecular weight excluding hydrogens is 450 g/mol. The van der Waals surface area contributed by atoms with E-state index in [-0.39, 0.29) is 12.5 Å². The summed E-state index contributed by atoms with van der Waals surface area (Å²) in [6, 6.07) is 13.9. The molecule has 0 saturated heterocycles. The van der Waals surface area contributed by atoms with Crippen molar-refractivity contribution in [1.82, 2.24) is 5.32 Å². The van der Waals surface area contributed by atoms with Gasteiger partial charge in [0.15, 0.2) is 5.11 Å². The van der Waals surface area contributed by atoms with Gasteiger partial charge in [-0.15, -0.1) is 0 Å². The number of nitrogens with zero attached hydrogens (tertiary/aromatic N) is 1. The summed E-state index contributed by atoms with van der Waals surface area (Å²) < 4.78 is 10.4. The van der Waals surface area contributed by atoms with Crippen LogP contribution in [0.4, 0.5) is 11.4 Å². The number of halogens is 1. The van der Waals surface area contributed by atoms with E-state index in [1.807, 2.05) is 31.2 Å². The van der Waals surface area contributed by atoms with Crippen LogP contribution >= 0.6 is 23.8 Å². The highest BCUT2D eigenvalue weighted by atomic mass is 35.5. The first-order valence-electron chi connectivity index (χ1n) is 9.92. The lowest BCUT2D eigenvalue weighted by atomic mass is 9.94. The van der Waals surface area contributed by atoms with Crippen molar-refractivity contribution in [3.05, 3.63) is 70.4 Å². The van der Waals surface area contributed by atoms with E-state index in [1.165, 1.54) is 6.92 Å². The van der Waals surface area contributed by atoms with Gasteiger partial charge in [0.1, 0.15) is 6.61 Å². The van der Waals surface area contributed by atoms with Crippen molar-refractivity contribution in [2.45, 2.75) is 19.9 Å². The van der Waals surface area contributed by atoms with Gasteiger partial charge in [-0.1, -0.05) is 23.7 Å². The monoisotopic (exact) mass is 473 g/mol. The fourth-order valence-electron chi connectivity index (χ4n) is 3.42. The zero-order chi connectivity index (χ0) is 23.3. The van der Waals surface area contributed by atoms with Gasteiger partial charge < -0.3 is 20.1 Å². The normalized spacial score (nSPS) is 15.9. The van der Waals surface area contributed by atoms with E-state index in [4.69, 9.17) is 33.3 Å². The van der Waals surface area contributed by atoms with Crippen molar-refractivity contribution in [3.63, 3.8) is 0 Å². The number of hydrogen-bond acceptors (Lipinski definition) is 5. The van der Waals surface area contributed by atoms with E-state index >= 15 is 0 Å². The molecule has 2 aromatic carbocycles. The van der Waals surface area contributed by atoms with Gasteiger partial charge in [0.2, 0.25) is 5.91 Å². The Bertz CT molecular complexity index is 1040. The minimum absolute atomic E-state index is 0.131. The van der Waals surface area contributed by atoms with Crippen LogP contribution in [0, 0.1) is 0 Å². The Hall–Kier alpha value is -2.94. The van der Waals surface area contributed by atoms with Crippen LogP contribution in [0.15, 0.2) is 59.8 Å². The van der Waals surface area contributed by atoms with Crippen LogP contribution in [0.25, 0.3) is 0 Å². The molecular formula is C23H24ClN3O4S. The number of amides is 1. The van der Waals surface area contributed by atoms with E-state index in [1.54, 1.807) is 36.3 Å². The molecule has 32 heavy (non-hydrogen) atoms. The van der Waals surface area contributed by atoms with E-state index in [0.29, 0.717) is 33.7 Å². The second-order valence-corrected chi connectivity index (χ2v) is 7.95. The van der Waals surface area contributed by atoms with Gasteiger partial charge in [-0.25, -0.2) is 4.79 Å². The molecule has 1 heterocycles. The minimum atomic E-state index is -0.521. The van der Waals surface area contributed by atoms with Crippen molar-refractivity contribution in [3.8, 4) is 0 Å². The summed E-state index contributed by atoms with van der Waals surface area (Å²) in [5.41, 5.74) is 3.31. The zero-order valence-corrected chi connectivity index (χ0v) is 19.5. The maximum atomic E-state index is 13.1. The predicted octanol–water partition coefficient (Wildman–Crippen LogP) is 4.20. The molecule has 1 unspecified atom stereocenters. The first kappa shape index (κ1) is 23.7. The average Bonchev–Trinajstić information content (AvgIpc) is 2.75. The second-order valence-electron chi connectivity index (χ2n) is 7.13. The number of ether oxygens (including phenoxy) is 2. The van der Waals surface area contributed by atoms with Gasteiger partial charge in [-0.3, -0.25) is 9.69 Å². The number of carbonyl (C=O) groups is 2. The van der Waals surface area contributed by atoms with E-state index in [0.717, 1.165) is 11.3 Å². The lowest BCUT2D eigenvalue weighted by Gasteiger charge is -2.37. The van der Waals surface area contributed by atoms with Crippen LogP contribution in [-0.2, 0) is 19.1 Å². The van der Waals surface area contributed by atoms with Crippen molar-refractivity contribution in [2.75, 3.05) is 30.5 Å². The first-order valence-corrected chi connectivity index (χ1v) is 10.7. The van der Waals surface area contributed by atoms with Crippen LogP contribution in [0.3, 0.4) is 0 Å². The van der Waals surface area contributed by atoms with Crippen LogP contribution < -0.4 is 15.5 Å². The summed E-state index contributed by atoms with van der Waals surface area (Å²) >= 11 is 11.7. The minimum Gasteiger partial charge on any atom is -0.460 e. The molecule has 1 aliphatic heterocycles. The van der Waals surface area contributed by atoms with Gasteiger partial charge in [-0.05, 0) is 61.1 Å². The molecule has 7 nitrogen and oxygen atoms in total. The standard InChI is InChI=1S/C23H24ClN3O4S/c1-14-20(22(29)31-13-12-30-3)21(16-4-8-18(9-5-16)25-15(2)28)26-23(32)27(14)19-10-6-17(24)7-11-19/h4-11,21H,12-13H2,1-3H3,(H,25,28)(H,26,32). The third kappa shape index (κ3) is 5.45. The first-order chi connectivity index (χ1) is 15.3. The number of thiocarbonyl (C=S) groups is 1. The number of esters is 1. The average molecular weight is 474 g/mol. The van der Waals surface area contributed by atoms with E-state index in [9.17, 15) is 9.59 Å². The Morgan fingerprint density at radius 2 is 1.78 bits per heavy atom. The molecule has 0 fully saturated rings. The molecule has 0 saturated carbocycles. The molecule has 168 valence electrons. The third-order valence-corrected chi connectivity index (χ3v) is 5.43. The number of nitrogens with one attached hydrogen (secondary N) is 2. The molecule has 3 rings (SSSR count). The largest absolute Gasteiger partial charge is 0.460 e. The van der Waals surface area contributed by atoms with Crippen LogP contribution in [0.2, 0.25) is 5.02 Å². The molecule has 1 atom stereocenters. The Kier molecular flexibility index (Phi) is 7.84. The fraction of sp³-hybridized carbons (Fsp3) is 0.261. The van der Waals surface area contributed by atoms with Gasteiger partial charge in [-0.2, -0.15) is 0 Å². The smallest absolute Gasteiger partial charge is 0.338 e. The number of methoxy groups -OCH3 is 1. The summed E-state index contributed by atoms with van der Waals surface area (Å²) in [5, 5.41) is 7.03. The van der Waals surface area contributed by atoms with Gasteiger partial charge in [0.25, 0.3) is 0 Å². The lowest BCUT2D eigenvalue weighted by Crippen LogP contribution is -2.48. The number of benzene rings is 2. The zero-order valence-electron chi connectivity index (χ0n) is 18.0. The number of anilines is 2. The maximum Gasteiger partial charge on any atom is 0.338 e. The number of hydrogen-bond donors (Lipinski definition) is 2. The van der Waals surface area contributed by atoms with Crippen LogP contribution in [-0.4, -0.2) is 37.3 Å². The quantitative estimate of drug-likeness (QED) is 0.354. The molecule has 0 spiro atoms. The predicted molar refractivity (Wildman–Crippen MR) is 129 cm³/mol. The summed E-state index contributed by atoms with van der Waals surface area (Å²) in [6.07, 6.45) is 0. The fourth-order valence-corrected chi connectivity index (χ4v) is 3.90. The van der Waals surface area contributed by atoms with Crippen molar-refractivity contribution < 1.29 is 19.1 Å². The van der Waals surface area contributed by atoms with Gasteiger partial charge in [0.05, 0.1) is 18.2 Å². The van der Waals surface area contributed by atoms with E-state index < -0.39 is 12.0 Å². The van der Waals surface area contributed by atoms with Crippen LogP contribution in [0.1, 0.15) is 25.5 Å². The molecule has 2 aromatic rings. The van der Waals surface area contributed by atoms with Crippen molar-refractivity contribution >= 4 is 52.2 Å². The molecule has 0 radical (unpaired) electrons. The van der Waals surface area contributed by atoms with Crippen molar-refractivity contribution in [1.29, 1.82) is 0 Å². The molecule has 9 heteroatoms. The van der Waals surface area contributed by atoms with E-state index in [2.05, 4.69) is 10.6 Å². The molecule has 2 N–H and O–H groups in total. The lowest BCUT2D eigenvalue weighted by molar-refractivity contribution is -0.140. The van der Waals surface area contributed by atoms with Gasteiger partial charge >= 0.3 is 5.97 Å². The highest BCUT2D eigenvalue weighted by molar-refractivity contribution is 7.80. The summed E-state index contributed by atoms with van der Waals surface area (Å²) in [4.78, 5) is 26.2. The Balaban J connectivity index is 2.01. The van der Waals surface area contributed by atoms with Crippen molar-refractivity contribution in [2.24, 2.45) is 0 Å². The molecule has 0 bridgehead atoms. The Morgan fingerprint density at radius 3 is 2.38 bits per heavy atom. The highest BCUT2D eigenvalue weighted by Gasteiger charge is 2.35. The topological polar surface area (TPSA) is 79.9 Å². The Labute approximate surface area is 197 Å². The number of carbonyl (C=O) groups excluding carboxylic acids is 2. The summed E-state index contributed by atoms with van der Waals surface area (Å²) in [6.45, 7) is 3.69. The molecule has 1 amide bonds. The molecule has 0 aromatic heterocycles. The SMILES string of the molecule is COCCOC(=O)C1=C(C)N(c2ccc(Cl)cc2)C(=S)NC1c1ccc(NC(C)=O)cc1. The third-order valence-electron chi connectivity index (χ3n) is 4.87. The van der Waals surface area contributed by atoms with Gasteiger partial charge in [0, 0.05) is 36.1 Å². The summed E-state index contributed by atoms with van der Waals surface area (Å²) in [5.74, 6) is -0.629. The summed E-state index contributed by atoms with van der Waals surface area (Å²) in [7, 11) is 1.54. The maximum absolute atomic E-state index is 13.1. The van der Waals surface area contributed by atoms with Crippen LogP contribution in [0.5, 0.6) is 0 Å². The number of rotatable bonds is 7. The second kappa shape index (κ2) is 10.6. The molecule has 0 aliphatic carbocycles. The molecule has 1 aliphatic rings. The Morgan fingerprint density at radius 1 is 1.12 bits per heavy atom.